The second-order valence-electron chi connectivity index (χ2n) is 4.34. The van der Waals surface area contributed by atoms with E-state index >= 15 is 0 Å². The van der Waals surface area contributed by atoms with Gasteiger partial charge in [-0.3, -0.25) is 9.48 Å². The van der Waals surface area contributed by atoms with Crippen molar-refractivity contribution in [3.63, 3.8) is 0 Å². The summed E-state index contributed by atoms with van der Waals surface area (Å²) in [7, 11) is 0. The molecule has 0 radical (unpaired) electrons. The Morgan fingerprint density at radius 1 is 1.42 bits per heavy atom. The molecule has 0 saturated heterocycles. The molecule has 1 unspecified atom stereocenters. The van der Waals surface area contributed by atoms with Crippen LogP contribution in [0.1, 0.15) is 13.3 Å². The molecule has 4 N–H and O–H groups in total. The highest BCUT2D eigenvalue weighted by molar-refractivity contribution is 5.74. The van der Waals surface area contributed by atoms with Gasteiger partial charge in [-0.05, 0) is 6.92 Å². The van der Waals surface area contributed by atoms with E-state index in [4.69, 9.17) is 5.11 Å². The van der Waals surface area contributed by atoms with Gasteiger partial charge in [0, 0.05) is 19.3 Å². The summed E-state index contributed by atoms with van der Waals surface area (Å²) < 4.78 is 1.56. The molecule has 1 aromatic rings. The number of carbonyl (C=O) groups is 2. The van der Waals surface area contributed by atoms with Gasteiger partial charge in [-0.1, -0.05) is 5.21 Å². The Bertz CT molecular complexity index is 418. The van der Waals surface area contributed by atoms with Crippen LogP contribution in [0.3, 0.4) is 0 Å². The first kappa shape index (κ1) is 14.9. The highest BCUT2D eigenvalue weighted by Crippen LogP contribution is 2.06. The second kappa shape index (κ2) is 6.69. The Balaban J connectivity index is 2.18. The number of aromatic nitrogens is 3. The number of aliphatic hydroxyl groups is 1. The first-order valence-electron chi connectivity index (χ1n) is 5.69. The molecular weight excluding hydrogens is 254 g/mol. The summed E-state index contributed by atoms with van der Waals surface area (Å²) in [6.45, 7) is 2.01. The maximum Gasteiger partial charge on any atom is 0.314 e. The fourth-order valence-electron chi connectivity index (χ4n) is 1.36. The molecule has 0 fully saturated rings. The van der Waals surface area contributed by atoms with Crippen LogP contribution in [0.2, 0.25) is 0 Å². The van der Waals surface area contributed by atoms with Crippen LogP contribution in [0.15, 0.2) is 12.4 Å². The molecule has 1 atom stereocenters. The SMILES string of the molecule is CC(O)(CNC(=O)NCCn1ccnn1)CC(=O)O. The molecule has 9 nitrogen and oxygen atoms in total. The molecule has 19 heavy (non-hydrogen) atoms. The predicted molar refractivity (Wildman–Crippen MR) is 64.3 cm³/mol. The Morgan fingerprint density at radius 3 is 2.74 bits per heavy atom. The Hall–Kier alpha value is -2.16. The fraction of sp³-hybridized carbons (Fsp3) is 0.600. The highest BCUT2D eigenvalue weighted by atomic mass is 16.4. The standard InChI is InChI=1S/C10H17N5O4/c1-10(19,6-8(16)17)7-12-9(18)11-2-4-15-5-3-13-14-15/h3,5,19H,2,4,6-7H2,1H3,(H,16,17)(H2,11,12,18). The van der Waals surface area contributed by atoms with Crippen LogP contribution in [0.4, 0.5) is 4.79 Å². The van der Waals surface area contributed by atoms with Crippen LogP contribution in [0.25, 0.3) is 0 Å². The zero-order valence-electron chi connectivity index (χ0n) is 10.5. The fourth-order valence-corrected chi connectivity index (χ4v) is 1.36. The van der Waals surface area contributed by atoms with Gasteiger partial charge in [0.15, 0.2) is 0 Å². The molecule has 0 bridgehead atoms. The third-order valence-electron chi connectivity index (χ3n) is 2.26. The summed E-state index contributed by atoms with van der Waals surface area (Å²) in [6.07, 6.45) is 2.76. The molecule has 1 aromatic heterocycles. The number of nitrogens with zero attached hydrogens (tertiary/aromatic N) is 3. The molecule has 0 aromatic carbocycles. The number of carboxylic acids is 1. The third kappa shape index (κ3) is 6.36. The van der Waals surface area contributed by atoms with Crippen molar-refractivity contribution in [2.24, 2.45) is 0 Å². The Labute approximate surface area is 109 Å². The Morgan fingerprint density at radius 2 is 2.16 bits per heavy atom. The van der Waals surface area contributed by atoms with Crippen molar-refractivity contribution in [1.29, 1.82) is 0 Å². The number of urea groups is 1. The number of hydrogen-bond donors (Lipinski definition) is 4. The Kier molecular flexibility index (Phi) is 5.24. The van der Waals surface area contributed by atoms with E-state index in [0.29, 0.717) is 13.1 Å². The molecule has 0 aliphatic rings. The van der Waals surface area contributed by atoms with E-state index in [2.05, 4.69) is 20.9 Å². The monoisotopic (exact) mass is 271 g/mol. The lowest BCUT2D eigenvalue weighted by Crippen LogP contribution is -2.46. The number of hydrogen-bond acceptors (Lipinski definition) is 5. The molecule has 0 aliphatic carbocycles. The second-order valence-corrected chi connectivity index (χ2v) is 4.34. The van der Waals surface area contributed by atoms with Gasteiger partial charge < -0.3 is 20.8 Å². The van der Waals surface area contributed by atoms with Gasteiger partial charge >= 0.3 is 12.0 Å². The van der Waals surface area contributed by atoms with E-state index < -0.39 is 24.0 Å². The number of nitrogens with one attached hydrogen (secondary N) is 2. The number of carboxylic acid groups (broad SMARTS) is 1. The zero-order chi connectivity index (χ0) is 14.3. The lowest BCUT2D eigenvalue weighted by Gasteiger charge is -2.21. The van der Waals surface area contributed by atoms with Crippen molar-refractivity contribution in [2.45, 2.75) is 25.5 Å². The van der Waals surface area contributed by atoms with Gasteiger partial charge in [0.1, 0.15) is 0 Å². The maximum absolute atomic E-state index is 11.4. The van der Waals surface area contributed by atoms with Gasteiger partial charge in [0.2, 0.25) is 0 Å². The minimum absolute atomic E-state index is 0.144. The van der Waals surface area contributed by atoms with E-state index in [-0.39, 0.29) is 6.54 Å². The first-order chi connectivity index (χ1) is 8.89. The number of rotatable bonds is 7. The molecule has 1 rings (SSSR count). The van der Waals surface area contributed by atoms with Gasteiger partial charge in [-0.25, -0.2) is 4.79 Å². The summed E-state index contributed by atoms with van der Waals surface area (Å²) in [5.41, 5.74) is -1.48. The molecule has 0 spiro atoms. The summed E-state index contributed by atoms with van der Waals surface area (Å²) in [6, 6.07) is -0.481. The molecule has 0 saturated carbocycles. The maximum atomic E-state index is 11.4. The average Bonchev–Trinajstić information content (AvgIpc) is 2.78. The van der Waals surface area contributed by atoms with Crippen LogP contribution >= 0.6 is 0 Å². The minimum atomic E-state index is -1.48. The van der Waals surface area contributed by atoms with Crippen molar-refractivity contribution in [1.82, 2.24) is 25.6 Å². The lowest BCUT2D eigenvalue weighted by atomic mass is 10.0. The van der Waals surface area contributed by atoms with E-state index in [1.165, 1.54) is 13.1 Å². The molecule has 2 amide bonds. The van der Waals surface area contributed by atoms with E-state index in [9.17, 15) is 14.7 Å². The minimum Gasteiger partial charge on any atom is -0.481 e. The average molecular weight is 271 g/mol. The zero-order valence-corrected chi connectivity index (χ0v) is 10.5. The van der Waals surface area contributed by atoms with E-state index in [1.807, 2.05) is 0 Å². The summed E-state index contributed by atoms with van der Waals surface area (Å²) in [5, 5.41) is 30.5. The topological polar surface area (TPSA) is 129 Å². The van der Waals surface area contributed by atoms with Crippen LogP contribution in [0.5, 0.6) is 0 Å². The van der Waals surface area contributed by atoms with Crippen molar-refractivity contribution < 1.29 is 19.8 Å². The number of aliphatic carboxylic acids is 1. The van der Waals surface area contributed by atoms with Crippen molar-refractivity contribution in [3.8, 4) is 0 Å². The molecule has 1 heterocycles. The highest BCUT2D eigenvalue weighted by Gasteiger charge is 2.24. The third-order valence-corrected chi connectivity index (χ3v) is 2.26. The summed E-state index contributed by atoms with van der Waals surface area (Å²) in [4.78, 5) is 21.8. The quantitative estimate of drug-likeness (QED) is 0.493. The number of carbonyl (C=O) groups excluding carboxylic acids is 1. The van der Waals surface area contributed by atoms with Gasteiger partial charge in [-0.2, -0.15) is 0 Å². The van der Waals surface area contributed by atoms with Crippen molar-refractivity contribution in [3.05, 3.63) is 12.4 Å². The molecule has 9 heteroatoms. The largest absolute Gasteiger partial charge is 0.481 e. The molecule has 106 valence electrons. The predicted octanol–water partition coefficient (Wildman–Crippen LogP) is -1.20. The normalized spacial score (nSPS) is 13.6. The smallest absolute Gasteiger partial charge is 0.314 e. The first-order valence-corrected chi connectivity index (χ1v) is 5.69. The van der Waals surface area contributed by atoms with Crippen LogP contribution < -0.4 is 10.6 Å². The van der Waals surface area contributed by atoms with Crippen LogP contribution in [-0.2, 0) is 11.3 Å². The van der Waals surface area contributed by atoms with Gasteiger partial charge in [0.05, 0.1) is 24.8 Å². The van der Waals surface area contributed by atoms with Crippen molar-refractivity contribution in [2.75, 3.05) is 13.1 Å². The van der Waals surface area contributed by atoms with Gasteiger partial charge in [-0.15, -0.1) is 5.10 Å². The van der Waals surface area contributed by atoms with Gasteiger partial charge in [0.25, 0.3) is 0 Å². The lowest BCUT2D eigenvalue weighted by molar-refractivity contribution is -0.141. The molecule has 0 aliphatic heterocycles. The van der Waals surface area contributed by atoms with Crippen LogP contribution in [-0.4, -0.2) is 55.9 Å². The molecular formula is C10H17N5O4. The van der Waals surface area contributed by atoms with Crippen molar-refractivity contribution >= 4 is 12.0 Å². The summed E-state index contributed by atoms with van der Waals surface area (Å²) >= 11 is 0. The summed E-state index contributed by atoms with van der Waals surface area (Å²) in [5.74, 6) is -1.13. The number of amides is 2. The van der Waals surface area contributed by atoms with Crippen LogP contribution in [0, 0.1) is 0 Å². The van der Waals surface area contributed by atoms with E-state index in [1.54, 1.807) is 10.9 Å². The van der Waals surface area contributed by atoms with E-state index in [0.717, 1.165) is 0 Å².